The molecule has 10 heteroatoms. The van der Waals surface area contributed by atoms with Gasteiger partial charge < -0.3 is 10.1 Å². The Balaban J connectivity index is 2.16. The molecule has 0 saturated carbocycles. The molecule has 1 aromatic heterocycles. The summed E-state index contributed by atoms with van der Waals surface area (Å²) in [7, 11) is 0. The first kappa shape index (κ1) is 18.3. The van der Waals surface area contributed by atoms with Crippen molar-refractivity contribution in [3.8, 4) is 5.75 Å². The Labute approximate surface area is 137 Å². The van der Waals surface area contributed by atoms with Crippen LogP contribution in [0.15, 0.2) is 24.5 Å². The quantitative estimate of drug-likeness (QED) is 0.299. The fraction of sp³-hybridized carbons (Fsp3) is 0.133. The van der Waals surface area contributed by atoms with Crippen LogP contribution >= 0.6 is 0 Å². The highest BCUT2D eigenvalue weighted by Crippen LogP contribution is 2.29. The minimum atomic E-state index is -2.38. The minimum Gasteiger partial charge on any atom is -0.418 e. The Hall–Kier alpha value is -3.04. The average molecular weight is 360 g/mol. The molecule has 0 aliphatic carbocycles. The molecule has 0 fully saturated rings. The molecule has 1 amide bonds. The molecule has 132 valence electrons. The van der Waals surface area contributed by atoms with Crippen molar-refractivity contribution in [2.45, 2.75) is 13.0 Å². The van der Waals surface area contributed by atoms with Crippen molar-refractivity contribution in [2.24, 2.45) is 0 Å². The Morgan fingerprint density at radius 1 is 1.04 bits per heavy atom. The number of amides is 1. The zero-order valence-corrected chi connectivity index (χ0v) is 12.4. The number of benzene rings is 1. The molecule has 2 rings (SSSR count). The highest BCUT2D eigenvalue weighted by molar-refractivity contribution is 5.96. The van der Waals surface area contributed by atoms with Crippen LogP contribution in [0.25, 0.3) is 0 Å². The summed E-state index contributed by atoms with van der Waals surface area (Å²) in [5, 5.41) is 2.14. The van der Waals surface area contributed by atoms with Gasteiger partial charge in [0.2, 0.25) is 34.8 Å². The van der Waals surface area contributed by atoms with E-state index in [0.717, 1.165) is 6.92 Å². The molecular weight excluding hydrogens is 351 g/mol. The van der Waals surface area contributed by atoms with E-state index in [1.807, 2.05) is 0 Å². The molecule has 2 aromatic rings. The molecule has 0 saturated heterocycles. The van der Waals surface area contributed by atoms with Gasteiger partial charge >= 0.3 is 5.97 Å². The Morgan fingerprint density at radius 3 is 2.12 bits per heavy atom. The third kappa shape index (κ3) is 3.73. The smallest absolute Gasteiger partial charge is 0.333 e. The van der Waals surface area contributed by atoms with Gasteiger partial charge in [-0.15, -0.1) is 0 Å². The lowest BCUT2D eigenvalue weighted by Gasteiger charge is -2.14. The monoisotopic (exact) mass is 360 g/mol. The van der Waals surface area contributed by atoms with Crippen LogP contribution in [0.3, 0.4) is 0 Å². The maximum atomic E-state index is 13.5. The highest BCUT2D eigenvalue weighted by Gasteiger charge is 2.30. The number of aromatic nitrogens is 1. The summed E-state index contributed by atoms with van der Waals surface area (Å²) in [6.07, 6.45) is 2.59. The molecule has 1 N–H and O–H groups in total. The van der Waals surface area contributed by atoms with Gasteiger partial charge in [-0.05, 0) is 19.1 Å². The second-order valence-corrected chi connectivity index (χ2v) is 4.76. The largest absolute Gasteiger partial charge is 0.418 e. The number of carbonyl (C=O) groups excluding carboxylic acids is 2. The number of hydrogen-bond acceptors (Lipinski definition) is 4. The van der Waals surface area contributed by atoms with E-state index in [1.165, 1.54) is 24.5 Å². The average Bonchev–Trinajstić information content (AvgIpc) is 2.62. The van der Waals surface area contributed by atoms with Crippen LogP contribution in [0, 0.1) is 29.1 Å². The molecule has 0 aliphatic heterocycles. The van der Waals surface area contributed by atoms with E-state index >= 15 is 0 Å². The van der Waals surface area contributed by atoms with Crippen molar-refractivity contribution >= 4 is 11.9 Å². The summed E-state index contributed by atoms with van der Waals surface area (Å²) in [5.74, 6) is -15.4. The molecule has 25 heavy (non-hydrogen) atoms. The van der Waals surface area contributed by atoms with Crippen LogP contribution in [-0.4, -0.2) is 22.9 Å². The zero-order valence-electron chi connectivity index (χ0n) is 12.4. The fourth-order valence-corrected chi connectivity index (χ4v) is 1.70. The normalized spacial score (nSPS) is 11.8. The van der Waals surface area contributed by atoms with Gasteiger partial charge in [0.15, 0.2) is 0 Å². The van der Waals surface area contributed by atoms with Gasteiger partial charge in [-0.2, -0.15) is 8.78 Å². The lowest BCUT2D eigenvalue weighted by atomic mass is 10.2. The Bertz CT molecular complexity index is 801. The number of nitrogens with one attached hydrogen (secondary N) is 1. The summed E-state index contributed by atoms with van der Waals surface area (Å²) < 4.78 is 70.2. The predicted octanol–water partition coefficient (Wildman–Crippen LogP) is 2.50. The standard InChI is InChI=1S/C15H9F5N2O3/c1-6(22-14(23)7-3-2-4-21-5-7)15(24)25-13-11(19)9(17)8(16)10(18)12(13)20/h2-6H,1H3,(H,22,23)/t6-/m0/s1. The molecule has 0 spiro atoms. The van der Waals surface area contributed by atoms with E-state index in [2.05, 4.69) is 15.0 Å². The number of rotatable bonds is 4. The number of carbonyl (C=O) groups is 2. The van der Waals surface area contributed by atoms with Gasteiger partial charge in [0.05, 0.1) is 5.56 Å². The van der Waals surface area contributed by atoms with Gasteiger partial charge in [-0.25, -0.2) is 18.0 Å². The first-order valence-electron chi connectivity index (χ1n) is 6.68. The maximum absolute atomic E-state index is 13.5. The molecule has 1 atom stereocenters. The van der Waals surface area contributed by atoms with E-state index in [0.29, 0.717) is 0 Å². The van der Waals surface area contributed by atoms with Crippen molar-refractivity contribution in [3.05, 3.63) is 59.2 Å². The minimum absolute atomic E-state index is 0.0818. The lowest BCUT2D eigenvalue weighted by molar-refractivity contribution is -0.136. The molecule has 1 heterocycles. The number of ether oxygens (including phenoxy) is 1. The second-order valence-electron chi connectivity index (χ2n) is 4.76. The summed E-state index contributed by atoms with van der Waals surface area (Å²) >= 11 is 0. The van der Waals surface area contributed by atoms with Crippen LogP contribution < -0.4 is 10.1 Å². The van der Waals surface area contributed by atoms with E-state index in [9.17, 15) is 31.5 Å². The first-order chi connectivity index (χ1) is 11.7. The van der Waals surface area contributed by atoms with Crippen LogP contribution in [0.2, 0.25) is 0 Å². The van der Waals surface area contributed by atoms with E-state index in [1.54, 1.807) is 0 Å². The van der Waals surface area contributed by atoms with Gasteiger partial charge in [-0.3, -0.25) is 9.78 Å². The van der Waals surface area contributed by atoms with Gasteiger partial charge in [0, 0.05) is 12.4 Å². The topological polar surface area (TPSA) is 68.3 Å². The first-order valence-corrected chi connectivity index (χ1v) is 6.68. The second kappa shape index (κ2) is 7.24. The third-order valence-corrected chi connectivity index (χ3v) is 3.00. The van der Waals surface area contributed by atoms with Gasteiger partial charge in [0.25, 0.3) is 5.91 Å². The molecule has 0 radical (unpaired) electrons. The summed E-state index contributed by atoms with van der Waals surface area (Å²) in [5.41, 5.74) is 0.0818. The summed E-state index contributed by atoms with van der Waals surface area (Å²) in [6, 6.07) is 1.39. The van der Waals surface area contributed by atoms with Crippen LogP contribution in [0.5, 0.6) is 5.75 Å². The van der Waals surface area contributed by atoms with Crippen LogP contribution in [0.4, 0.5) is 22.0 Å². The van der Waals surface area contributed by atoms with Crippen molar-refractivity contribution < 1.29 is 36.3 Å². The van der Waals surface area contributed by atoms with Crippen molar-refractivity contribution in [2.75, 3.05) is 0 Å². The van der Waals surface area contributed by atoms with Crippen molar-refractivity contribution in [1.82, 2.24) is 10.3 Å². The molecule has 5 nitrogen and oxygen atoms in total. The van der Waals surface area contributed by atoms with Gasteiger partial charge in [0.1, 0.15) is 6.04 Å². The number of esters is 1. The summed E-state index contributed by atoms with van der Waals surface area (Å²) in [6.45, 7) is 1.10. The van der Waals surface area contributed by atoms with E-state index in [4.69, 9.17) is 0 Å². The molecule has 0 unspecified atom stereocenters. The SMILES string of the molecule is C[C@H](NC(=O)c1cccnc1)C(=O)Oc1c(F)c(F)c(F)c(F)c1F. The van der Waals surface area contributed by atoms with Crippen LogP contribution in [-0.2, 0) is 4.79 Å². The van der Waals surface area contributed by atoms with Crippen LogP contribution in [0.1, 0.15) is 17.3 Å². The van der Waals surface area contributed by atoms with E-state index in [-0.39, 0.29) is 5.56 Å². The fourth-order valence-electron chi connectivity index (χ4n) is 1.70. The molecule has 0 aliphatic rings. The van der Waals surface area contributed by atoms with Crippen molar-refractivity contribution in [1.29, 1.82) is 0 Å². The predicted molar refractivity (Wildman–Crippen MR) is 73.0 cm³/mol. The lowest BCUT2D eigenvalue weighted by Crippen LogP contribution is -2.41. The Kier molecular flexibility index (Phi) is 5.30. The zero-order chi connectivity index (χ0) is 18.7. The number of hydrogen-bond donors (Lipinski definition) is 1. The highest BCUT2D eigenvalue weighted by atomic mass is 19.2. The third-order valence-electron chi connectivity index (χ3n) is 3.00. The van der Waals surface area contributed by atoms with Crippen molar-refractivity contribution in [3.63, 3.8) is 0 Å². The summed E-state index contributed by atoms with van der Waals surface area (Å²) in [4.78, 5) is 27.3. The molecular formula is C15H9F5N2O3. The van der Waals surface area contributed by atoms with E-state index < -0.39 is 52.8 Å². The number of pyridine rings is 1. The Morgan fingerprint density at radius 2 is 1.60 bits per heavy atom. The maximum Gasteiger partial charge on any atom is 0.333 e. The number of halogens is 5. The number of nitrogens with zero attached hydrogens (tertiary/aromatic N) is 1. The molecule has 1 aromatic carbocycles. The van der Waals surface area contributed by atoms with Gasteiger partial charge in [-0.1, -0.05) is 0 Å². The molecule has 0 bridgehead atoms.